The molecule has 0 fully saturated rings. The number of sulfonamides is 1. The number of nitrogens with one attached hydrogen (secondary N) is 2. The molecule has 0 aliphatic heterocycles. The van der Waals surface area contributed by atoms with Crippen LogP contribution in [-0.4, -0.2) is 37.3 Å². The van der Waals surface area contributed by atoms with Gasteiger partial charge in [-0.2, -0.15) is 5.10 Å². The van der Waals surface area contributed by atoms with Gasteiger partial charge in [0.2, 0.25) is 10.0 Å². The lowest BCUT2D eigenvalue weighted by Crippen LogP contribution is -2.32. The van der Waals surface area contributed by atoms with Crippen LogP contribution in [0.25, 0.3) is 0 Å². The minimum atomic E-state index is -3.47. The van der Waals surface area contributed by atoms with E-state index in [0.29, 0.717) is 19.1 Å². The Bertz CT molecular complexity index is 529. The maximum absolute atomic E-state index is 12.1. The summed E-state index contributed by atoms with van der Waals surface area (Å²) in [6.45, 7) is 12.1. The van der Waals surface area contributed by atoms with Crippen molar-refractivity contribution < 1.29 is 8.42 Å². The van der Waals surface area contributed by atoms with E-state index in [4.69, 9.17) is 0 Å². The zero-order chi connectivity index (χ0) is 16.1. The molecule has 6 nitrogen and oxygen atoms in total. The molecule has 0 spiro atoms. The predicted octanol–water partition coefficient (Wildman–Crippen LogP) is 1.60. The number of aromatic nitrogens is 2. The van der Waals surface area contributed by atoms with Crippen molar-refractivity contribution in [1.82, 2.24) is 19.8 Å². The summed E-state index contributed by atoms with van der Waals surface area (Å²) in [6.07, 6.45) is 3.90. The van der Waals surface area contributed by atoms with Crippen molar-refractivity contribution >= 4 is 10.0 Å². The summed E-state index contributed by atoms with van der Waals surface area (Å²) in [6, 6.07) is 0.458. The lowest BCUT2D eigenvalue weighted by Gasteiger charge is -2.18. The molecule has 1 heterocycles. The fraction of sp³-hybridized carbons (Fsp3) is 0.786. The molecule has 0 amide bonds. The Labute approximate surface area is 128 Å². The molecule has 21 heavy (non-hydrogen) atoms. The third-order valence-corrected chi connectivity index (χ3v) is 4.18. The SMILES string of the molecule is CC(C)NCCCn1cc(S(=O)(=O)NCC(C)(C)C)cn1. The van der Waals surface area contributed by atoms with Crippen molar-refractivity contribution in [2.45, 2.75) is 58.5 Å². The van der Waals surface area contributed by atoms with Crippen molar-refractivity contribution in [2.24, 2.45) is 5.41 Å². The van der Waals surface area contributed by atoms with Gasteiger partial charge >= 0.3 is 0 Å². The molecule has 0 aromatic carbocycles. The van der Waals surface area contributed by atoms with Crippen LogP contribution in [0.2, 0.25) is 0 Å². The number of hydrogen-bond donors (Lipinski definition) is 2. The molecule has 1 rings (SSSR count). The Morgan fingerprint density at radius 3 is 2.57 bits per heavy atom. The van der Waals surface area contributed by atoms with Gasteiger partial charge < -0.3 is 5.32 Å². The molecule has 0 radical (unpaired) electrons. The molecule has 2 N–H and O–H groups in total. The van der Waals surface area contributed by atoms with Crippen LogP contribution in [0.3, 0.4) is 0 Å². The molecule has 122 valence electrons. The maximum atomic E-state index is 12.1. The summed E-state index contributed by atoms with van der Waals surface area (Å²) < 4.78 is 28.6. The lowest BCUT2D eigenvalue weighted by atomic mass is 9.98. The monoisotopic (exact) mass is 316 g/mol. The van der Waals surface area contributed by atoms with Crippen LogP contribution in [0.4, 0.5) is 0 Å². The highest BCUT2D eigenvalue weighted by atomic mass is 32.2. The van der Waals surface area contributed by atoms with Gasteiger partial charge in [0.25, 0.3) is 0 Å². The highest BCUT2D eigenvalue weighted by molar-refractivity contribution is 7.89. The van der Waals surface area contributed by atoms with Gasteiger partial charge in [0, 0.05) is 25.3 Å². The predicted molar refractivity (Wildman–Crippen MR) is 84.6 cm³/mol. The van der Waals surface area contributed by atoms with Crippen LogP contribution < -0.4 is 10.0 Å². The van der Waals surface area contributed by atoms with E-state index in [-0.39, 0.29) is 10.3 Å². The largest absolute Gasteiger partial charge is 0.314 e. The van der Waals surface area contributed by atoms with Crippen LogP contribution in [0.15, 0.2) is 17.3 Å². The summed E-state index contributed by atoms with van der Waals surface area (Å²) in [5, 5.41) is 7.43. The smallest absolute Gasteiger partial charge is 0.243 e. The van der Waals surface area contributed by atoms with Crippen LogP contribution in [-0.2, 0) is 16.6 Å². The summed E-state index contributed by atoms with van der Waals surface area (Å²) in [4.78, 5) is 0.226. The van der Waals surface area contributed by atoms with Gasteiger partial charge in [0.05, 0.1) is 6.20 Å². The first-order valence-corrected chi connectivity index (χ1v) is 8.84. The Kier molecular flexibility index (Phi) is 6.37. The van der Waals surface area contributed by atoms with E-state index in [0.717, 1.165) is 13.0 Å². The fourth-order valence-electron chi connectivity index (χ4n) is 1.63. The summed E-state index contributed by atoms with van der Waals surface area (Å²) in [5.41, 5.74) is -0.0917. The molecule has 0 atom stereocenters. The minimum absolute atomic E-state index is 0.0917. The third-order valence-electron chi connectivity index (χ3n) is 2.83. The number of aryl methyl sites for hydroxylation is 1. The molecule has 1 aromatic rings. The third kappa shape index (κ3) is 7.06. The van der Waals surface area contributed by atoms with Gasteiger partial charge in [0.15, 0.2) is 0 Å². The summed E-state index contributed by atoms with van der Waals surface area (Å²) >= 11 is 0. The van der Waals surface area contributed by atoms with Crippen LogP contribution in [0.5, 0.6) is 0 Å². The van der Waals surface area contributed by atoms with Gasteiger partial charge in [-0.05, 0) is 18.4 Å². The van der Waals surface area contributed by atoms with Crippen LogP contribution in [0, 0.1) is 5.41 Å². The fourth-order valence-corrected chi connectivity index (χ4v) is 2.87. The first-order chi connectivity index (χ1) is 9.60. The quantitative estimate of drug-likeness (QED) is 0.714. The van der Waals surface area contributed by atoms with E-state index in [1.54, 1.807) is 10.9 Å². The highest BCUT2D eigenvalue weighted by Crippen LogP contribution is 2.13. The van der Waals surface area contributed by atoms with Gasteiger partial charge in [0.1, 0.15) is 4.90 Å². The highest BCUT2D eigenvalue weighted by Gasteiger charge is 2.19. The second-order valence-corrected chi connectivity index (χ2v) is 8.55. The molecule has 0 bridgehead atoms. The van der Waals surface area contributed by atoms with E-state index in [1.807, 2.05) is 20.8 Å². The molecule has 1 aromatic heterocycles. The Morgan fingerprint density at radius 1 is 1.33 bits per heavy atom. The molecule has 0 saturated heterocycles. The normalized spacial score (nSPS) is 13.0. The van der Waals surface area contributed by atoms with E-state index < -0.39 is 10.0 Å². The van der Waals surface area contributed by atoms with E-state index in [2.05, 4.69) is 29.0 Å². The Morgan fingerprint density at radius 2 is 2.00 bits per heavy atom. The summed E-state index contributed by atoms with van der Waals surface area (Å²) in [5.74, 6) is 0. The van der Waals surface area contributed by atoms with Gasteiger partial charge in [-0.25, -0.2) is 13.1 Å². The van der Waals surface area contributed by atoms with E-state index in [1.165, 1.54) is 6.20 Å². The first kappa shape index (κ1) is 18.1. The Hall–Kier alpha value is -0.920. The van der Waals surface area contributed by atoms with Crippen molar-refractivity contribution in [1.29, 1.82) is 0 Å². The van der Waals surface area contributed by atoms with Gasteiger partial charge in [-0.3, -0.25) is 4.68 Å². The maximum Gasteiger partial charge on any atom is 0.243 e. The number of rotatable bonds is 8. The van der Waals surface area contributed by atoms with Crippen molar-refractivity contribution in [2.75, 3.05) is 13.1 Å². The number of hydrogen-bond acceptors (Lipinski definition) is 4. The van der Waals surface area contributed by atoms with Gasteiger partial charge in [-0.15, -0.1) is 0 Å². The number of nitrogens with zero attached hydrogens (tertiary/aromatic N) is 2. The molecular formula is C14H28N4O2S. The van der Waals surface area contributed by atoms with Crippen molar-refractivity contribution in [3.05, 3.63) is 12.4 Å². The van der Waals surface area contributed by atoms with E-state index >= 15 is 0 Å². The van der Waals surface area contributed by atoms with Gasteiger partial charge in [-0.1, -0.05) is 34.6 Å². The second-order valence-electron chi connectivity index (χ2n) is 6.79. The second kappa shape index (κ2) is 7.38. The Balaban J connectivity index is 2.53. The van der Waals surface area contributed by atoms with Crippen LogP contribution >= 0.6 is 0 Å². The molecule has 0 unspecified atom stereocenters. The zero-order valence-corrected chi connectivity index (χ0v) is 14.5. The lowest BCUT2D eigenvalue weighted by molar-refractivity contribution is 0.407. The molecule has 0 aliphatic carbocycles. The molecular weight excluding hydrogens is 288 g/mol. The van der Waals surface area contributed by atoms with Crippen molar-refractivity contribution in [3.8, 4) is 0 Å². The molecule has 0 aliphatic rings. The zero-order valence-electron chi connectivity index (χ0n) is 13.7. The van der Waals surface area contributed by atoms with Crippen LogP contribution in [0.1, 0.15) is 41.0 Å². The average Bonchev–Trinajstić information content (AvgIpc) is 2.81. The topological polar surface area (TPSA) is 76.0 Å². The van der Waals surface area contributed by atoms with Crippen molar-refractivity contribution in [3.63, 3.8) is 0 Å². The van der Waals surface area contributed by atoms with E-state index in [9.17, 15) is 8.42 Å². The standard InChI is InChI=1S/C14H28N4O2S/c1-12(2)15-7-6-8-18-10-13(9-16-18)21(19,20)17-11-14(3,4)5/h9-10,12,15,17H,6-8,11H2,1-5H3. The molecule has 0 saturated carbocycles. The molecule has 7 heteroatoms. The minimum Gasteiger partial charge on any atom is -0.314 e. The summed E-state index contributed by atoms with van der Waals surface area (Å²) in [7, 11) is -3.47. The first-order valence-electron chi connectivity index (χ1n) is 7.36. The average molecular weight is 316 g/mol.